The van der Waals surface area contributed by atoms with Crippen molar-refractivity contribution in [3.63, 3.8) is 0 Å². The number of hydrogen-bond donors (Lipinski definition) is 5. The fourth-order valence-corrected chi connectivity index (χ4v) is 5.42. The third kappa shape index (κ3) is 6.51. The Hall–Kier alpha value is -4.53. The van der Waals surface area contributed by atoms with Gasteiger partial charge in [-0.25, -0.2) is 0 Å². The summed E-state index contributed by atoms with van der Waals surface area (Å²) in [5, 5.41) is 25.3. The largest absolute Gasteiger partial charge is 0.507 e. The number of nitrogen functional groups attached to an aromatic ring is 1. The molecule has 4 aromatic carbocycles. The normalized spacial score (nSPS) is 12.9. The average molecular weight is 638 g/mol. The Kier molecular flexibility index (Phi) is 8.00. The number of hydrogen-bond acceptors (Lipinski definition) is 13. The van der Waals surface area contributed by atoms with E-state index in [1.165, 1.54) is 43.5 Å². The summed E-state index contributed by atoms with van der Waals surface area (Å²) in [7, 11) is -13.0. The van der Waals surface area contributed by atoms with Crippen LogP contribution in [0.3, 0.4) is 0 Å². The lowest BCUT2D eigenvalue weighted by atomic mass is 10.1. The maximum absolute atomic E-state index is 12.1. The number of nitrogens with zero attached hydrogens (tertiary/aromatic N) is 4. The smallest absolute Gasteiger partial charge is 0.295 e. The van der Waals surface area contributed by atoms with Gasteiger partial charge in [-0.3, -0.25) is 13.7 Å². The molecule has 4 rings (SSSR count). The van der Waals surface area contributed by atoms with E-state index in [9.17, 15) is 44.0 Å². The molecule has 220 valence electrons. The summed E-state index contributed by atoms with van der Waals surface area (Å²) in [5.74, 6) is -0.681. The number of nitrogens with two attached hydrogens (primary N) is 1. The van der Waals surface area contributed by atoms with Crippen LogP contribution in [-0.2, 0) is 30.4 Å². The van der Waals surface area contributed by atoms with Gasteiger partial charge < -0.3 is 15.6 Å². The number of benzene rings is 4. The van der Waals surface area contributed by atoms with E-state index < -0.39 is 51.3 Å². The molecule has 0 aromatic heterocycles. The number of aromatic hydroxyl groups is 1. The zero-order chi connectivity index (χ0) is 31.0. The van der Waals surface area contributed by atoms with E-state index in [0.29, 0.717) is 12.1 Å². The van der Waals surface area contributed by atoms with E-state index in [2.05, 4.69) is 20.5 Å². The summed E-state index contributed by atoms with van der Waals surface area (Å²) in [6.07, 6.45) is 0. The Labute approximate surface area is 238 Å². The molecule has 6 N–H and O–H groups in total. The van der Waals surface area contributed by atoms with Gasteiger partial charge in [0.2, 0.25) is 0 Å². The molecule has 0 fully saturated rings. The third-order valence-electron chi connectivity index (χ3n) is 5.57. The van der Waals surface area contributed by atoms with E-state index >= 15 is 0 Å². The topological polar surface area (TPSA) is 268 Å². The highest BCUT2D eigenvalue weighted by atomic mass is 32.2. The Morgan fingerprint density at radius 1 is 0.690 bits per heavy atom. The van der Waals surface area contributed by atoms with Gasteiger partial charge in [-0.05, 0) is 42.5 Å². The Morgan fingerprint density at radius 2 is 1.31 bits per heavy atom. The van der Waals surface area contributed by atoms with Crippen molar-refractivity contribution < 1.29 is 48.8 Å². The van der Waals surface area contributed by atoms with E-state index in [0.717, 1.165) is 12.1 Å². The van der Waals surface area contributed by atoms with Crippen LogP contribution >= 0.6 is 0 Å². The molecule has 0 aliphatic heterocycles. The van der Waals surface area contributed by atoms with Crippen LogP contribution in [0.4, 0.5) is 28.4 Å². The first-order valence-electron chi connectivity index (χ1n) is 11.1. The van der Waals surface area contributed by atoms with Gasteiger partial charge in [0.15, 0.2) is 0 Å². The first kappa shape index (κ1) is 30.4. The fraction of sp³-hybridized carbons (Fsp3) is 0.0435. The molecule has 0 radical (unpaired) electrons. The monoisotopic (exact) mass is 637 g/mol. The quantitative estimate of drug-likeness (QED) is 0.0998. The van der Waals surface area contributed by atoms with Crippen molar-refractivity contribution in [2.75, 3.05) is 12.8 Å². The van der Waals surface area contributed by atoms with Crippen molar-refractivity contribution in [2.24, 2.45) is 20.5 Å². The number of phenolic OH excluding ortho intramolecular Hbond substituents is 1. The molecule has 4 aromatic rings. The SMILES string of the molecule is COc1cc(/N=N/c2cc(S(=O)(=O)O)c3cc(S(=O)(=O)O)cc(O)c3c2N)ccc1/N=N/c1cccc(S(=O)(=O)O)c1. The summed E-state index contributed by atoms with van der Waals surface area (Å²) in [4.78, 5) is -2.09. The molecule has 0 atom stereocenters. The Balaban J connectivity index is 1.74. The number of rotatable bonds is 8. The molecule has 0 bridgehead atoms. The standard InChI is InChI=1S/C23H19N5O11S3/c1-39-20-8-13(5-6-17(20)27-25-12-3-2-4-14(7-12)40(30,31)32)26-28-18-11-21(42(36,37)38)16-9-15(41(33,34)35)10-19(29)22(16)23(18)24/h2-11,29H,24H2,1H3,(H,30,31,32)(H,33,34,35)(H,36,37,38)/b27-25+,28-26+. The van der Waals surface area contributed by atoms with E-state index in [1.54, 1.807) is 0 Å². The van der Waals surface area contributed by atoms with E-state index in [4.69, 9.17) is 10.5 Å². The van der Waals surface area contributed by atoms with Crippen LogP contribution in [0.15, 0.2) is 95.8 Å². The maximum Gasteiger partial charge on any atom is 0.295 e. The van der Waals surface area contributed by atoms with Gasteiger partial charge in [-0.1, -0.05) is 6.07 Å². The zero-order valence-corrected chi connectivity index (χ0v) is 23.5. The van der Waals surface area contributed by atoms with Gasteiger partial charge in [0.05, 0.1) is 39.3 Å². The highest BCUT2D eigenvalue weighted by Crippen LogP contribution is 2.43. The minimum Gasteiger partial charge on any atom is -0.507 e. The van der Waals surface area contributed by atoms with E-state index in [-0.39, 0.29) is 44.5 Å². The highest BCUT2D eigenvalue weighted by molar-refractivity contribution is 7.86. The van der Waals surface area contributed by atoms with Crippen LogP contribution in [0, 0.1) is 0 Å². The van der Waals surface area contributed by atoms with Gasteiger partial charge in [-0.2, -0.15) is 35.5 Å². The zero-order valence-electron chi connectivity index (χ0n) is 21.0. The van der Waals surface area contributed by atoms with Crippen LogP contribution < -0.4 is 10.5 Å². The van der Waals surface area contributed by atoms with Gasteiger partial charge in [-0.15, -0.1) is 10.2 Å². The minimum atomic E-state index is -5.02. The predicted octanol–water partition coefficient (Wildman–Crippen LogP) is 4.71. The summed E-state index contributed by atoms with van der Waals surface area (Å²) >= 11 is 0. The summed E-state index contributed by atoms with van der Waals surface area (Å²) in [6, 6.07) is 11.4. The van der Waals surface area contributed by atoms with E-state index in [1.807, 2.05) is 0 Å². The Morgan fingerprint density at radius 3 is 1.90 bits per heavy atom. The molecule has 16 nitrogen and oxygen atoms in total. The summed E-state index contributed by atoms with van der Waals surface area (Å²) in [6.45, 7) is 0. The fourth-order valence-electron chi connectivity index (χ4n) is 3.67. The molecule has 0 heterocycles. The second-order valence-electron chi connectivity index (χ2n) is 8.35. The lowest BCUT2D eigenvalue weighted by Crippen LogP contribution is -2.04. The molecule has 0 saturated heterocycles. The van der Waals surface area contributed by atoms with Crippen LogP contribution in [0.25, 0.3) is 10.8 Å². The molecule has 0 amide bonds. The van der Waals surface area contributed by atoms with Gasteiger partial charge >= 0.3 is 0 Å². The van der Waals surface area contributed by atoms with Crippen molar-refractivity contribution >= 4 is 69.6 Å². The second kappa shape index (κ2) is 11.0. The first-order valence-corrected chi connectivity index (χ1v) is 15.4. The summed E-state index contributed by atoms with van der Waals surface area (Å²) < 4.78 is 103. The van der Waals surface area contributed by atoms with Crippen molar-refractivity contribution in [3.8, 4) is 11.5 Å². The number of phenols is 1. The molecular formula is C23H19N5O11S3. The summed E-state index contributed by atoms with van der Waals surface area (Å²) in [5.41, 5.74) is 5.84. The lowest BCUT2D eigenvalue weighted by molar-refractivity contribution is 0.416. The molecule has 0 saturated carbocycles. The van der Waals surface area contributed by atoms with Crippen LogP contribution in [0.2, 0.25) is 0 Å². The number of methoxy groups -OCH3 is 1. The molecule has 0 unspecified atom stereocenters. The first-order chi connectivity index (χ1) is 19.5. The third-order valence-corrected chi connectivity index (χ3v) is 8.15. The highest BCUT2D eigenvalue weighted by Gasteiger charge is 2.24. The molecule has 0 aliphatic carbocycles. The molecule has 0 spiro atoms. The van der Waals surface area contributed by atoms with Crippen molar-refractivity contribution in [1.82, 2.24) is 0 Å². The molecule has 0 aliphatic rings. The number of azo groups is 2. The molecular weight excluding hydrogens is 618 g/mol. The van der Waals surface area contributed by atoms with Gasteiger partial charge in [0.25, 0.3) is 30.4 Å². The Bertz CT molecular complexity index is 2130. The van der Waals surface area contributed by atoms with Crippen molar-refractivity contribution in [3.05, 3.63) is 60.7 Å². The number of fused-ring (bicyclic) bond motifs is 1. The molecule has 42 heavy (non-hydrogen) atoms. The van der Waals surface area contributed by atoms with Crippen LogP contribution in [0.5, 0.6) is 11.5 Å². The van der Waals surface area contributed by atoms with Crippen LogP contribution in [0.1, 0.15) is 0 Å². The number of anilines is 1. The van der Waals surface area contributed by atoms with Gasteiger partial charge in [0.1, 0.15) is 27.8 Å². The molecule has 19 heteroatoms. The number of ether oxygens (including phenoxy) is 1. The van der Waals surface area contributed by atoms with Crippen LogP contribution in [-0.4, -0.2) is 51.1 Å². The van der Waals surface area contributed by atoms with Gasteiger partial charge in [0, 0.05) is 17.5 Å². The van der Waals surface area contributed by atoms with Crippen molar-refractivity contribution in [2.45, 2.75) is 14.7 Å². The maximum atomic E-state index is 12.1. The second-order valence-corrected chi connectivity index (χ2v) is 12.6. The average Bonchev–Trinajstić information content (AvgIpc) is 2.90. The lowest BCUT2D eigenvalue weighted by Gasteiger charge is -2.12. The predicted molar refractivity (Wildman–Crippen MR) is 147 cm³/mol. The minimum absolute atomic E-state index is 0.115. The van der Waals surface area contributed by atoms with Crippen molar-refractivity contribution in [1.29, 1.82) is 0 Å².